The highest BCUT2D eigenvalue weighted by atomic mass is 16.2. The molecule has 0 aliphatic carbocycles. The zero-order chi connectivity index (χ0) is 20.8. The topological polar surface area (TPSA) is 53.5 Å². The number of hydrogen-bond donors (Lipinski definition) is 0. The third-order valence-electron chi connectivity index (χ3n) is 5.44. The summed E-state index contributed by atoms with van der Waals surface area (Å²) in [5, 5.41) is 0. The number of para-hydroxylation sites is 1. The van der Waals surface area contributed by atoms with Gasteiger partial charge in [-0.1, -0.05) is 54.6 Å². The highest BCUT2D eigenvalue weighted by molar-refractivity contribution is 5.99. The summed E-state index contributed by atoms with van der Waals surface area (Å²) in [6.07, 6.45) is 2.74. The number of pyridine rings is 1. The summed E-state index contributed by atoms with van der Waals surface area (Å²) in [5.41, 5.74) is 2.89. The van der Waals surface area contributed by atoms with Gasteiger partial charge in [-0.2, -0.15) is 0 Å². The predicted molar refractivity (Wildman–Crippen MR) is 117 cm³/mol. The summed E-state index contributed by atoms with van der Waals surface area (Å²) in [7, 11) is 0. The fraction of sp³-hybridized carbons (Fsp3) is 0.240. The maximum absolute atomic E-state index is 13.4. The van der Waals surface area contributed by atoms with Crippen LogP contribution in [0.3, 0.4) is 0 Å². The number of aromatic nitrogens is 1. The summed E-state index contributed by atoms with van der Waals surface area (Å²) in [6, 6.07) is 25.5. The minimum absolute atomic E-state index is 0.00834. The van der Waals surface area contributed by atoms with Crippen LogP contribution in [0.5, 0.6) is 0 Å². The molecule has 0 N–H and O–H groups in total. The van der Waals surface area contributed by atoms with E-state index in [0.29, 0.717) is 19.6 Å². The molecule has 1 fully saturated rings. The molecule has 2 aromatic carbocycles. The van der Waals surface area contributed by atoms with E-state index < -0.39 is 0 Å². The van der Waals surface area contributed by atoms with Gasteiger partial charge in [-0.05, 0) is 36.2 Å². The number of amides is 2. The van der Waals surface area contributed by atoms with Gasteiger partial charge in [-0.25, -0.2) is 0 Å². The van der Waals surface area contributed by atoms with E-state index in [0.717, 1.165) is 17.8 Å². The molecule has 5 heteroatoms. The molecule has 1 atom stereocenters. The monoisotopic (exact) mass is 399 g/mol. The molecule has 3 aromatic rings. The fourth-order valence-electron chi connectivity index (χ4n) is 3.86. The first-order valence-corrected chi connectivity index (χ1v) is 10.3. The first-order valence-electron chi connectivity index (χ1n) is 10.3. The van der Waals surface area contributed by atoms with Gasteiger partial charge in [-0.3, -0.25) is 14.6 Å². The summed E-state index contributed by atoms with van der Waals surface area (Å²) < 4.78 is 0. The summed E-state index contributed by atoms with van der Waals surface area (Å²) >= 11 is 0. The van der Waals surface area contributed by atoms with Crippen molar-refractivity contribution >= 4 is 17.5 Å². The first kappa shape index (κ1) is 19.8. The molecule has 0 radical (unpaired) electrons. The van der Waals surface area contributed by atoms with E-state index in [2.05, 4.69) is 17.1 Å². The van der Waals surface area contributed by atoms with Gasteiger partial charge in [-0.15, -0.1) is 0 Å². The molecule has 1 unspecified atom stereocenters. The number of benzene rings is 2. The zero-order valence-corrected chi connectivity index (χ0v) is 16.9. The summed E-state index contributed by atoms with van der Waals surface area (Å²) in [6.45, 7) is 1.46. The second-order valence-corrected chi connectivity index (χ2v) is 7.56. The Balaban J connectivity index is 1.48. The molecule has 1 aliphatic heterocycles. The van der Waals surface area contributed by atoms with Crippen molar-refractivity contribution in [2.45, 2.75) is 19.4 Å². The molecule has 1 aliphatic rings. The third kappa shape index (κ3) is 4.74. The molecular formula is C25H25N3O2. The Labute approximate surface area is 177 Å². The lowest BCUT2D eigenvalue weighted by atomic mass is 10.1. The van der Waals surface area contributed by atoms with Crippen LogP contribution in [0.25, 0.3) is 0 Å². The minimum Gasteiger partial charge on any atom is -0.336 e. The maximum atomic E-state index is 13.4. The smallest absolute Gasteiger partial charge is 0.232 e. The van der Waals surface area contributed by atoms with Crippen LogP contribution in [0.15, 0.2) is 85.1 Å². The molecule has 2 heterocycles. The summed E-state index contributed by atoms with van der Waals surface area (Å²) in [4.78, 5) is 33.9. The van der Waals surface area contributed by atoms with E-state index >= 15 is 0 Å². The molecule has 4 rings (SSSR count). The predicted octanol–water partition coefficient (Wildman–Crippen LogP) is 3.71. The number of hydrogen-bond acceptors (Lipinski definition) is 3. The lowest BCUT2D eigenvalue weighted by molar-refractivity contribution is -0.129. The van der Waals surface area contributed by atoms with Crippen LogP contribution in [0.1, 0.15) is 17.7 Å². The second kappa shape index (κ2) is 9.35. The van der Waals surface area contributed by atoms with Crippen molar-refractivity contribution in [2.75, 3.05) is 18.0 Å². The highest BCUT2D eigenvalue weighted by Crippen LogP contribution is 2.25. The Morgan fingerprint density at radius 3 is 2.37 bits per heavy atom. The van der Waals surface area contributed by atoms with E-state index in [1.807, 2.05) is 71.6 Å². The summed E-state index contributed by atoms with van der Waals surface area (Å²) in [5.74, 6) is -0.318. The molecular weight excluding hydrogens is 374 g/mol. The van der Waals surface area contributed by atoms with Crippen molar-refractivity contribution in [3.63, 3.8) is 0 Å². The van der Waals surface area contributed by atoms with Crippen LogP contribution in [0, 0.1) is 5.92 Å². The number of anilines is 1. The molecule has 0 spiro atoms. The van der Waals surface area contributed by atoms with Crippen molar-refractivity contribution < 1.29 is 9.59 Å². The fourth-order valence-corrected chi connectivity index (χ4v) is 3.86. The van der Waals surface area contributed by atoms with Gasteiger partial charge in [0.2, 0.25) is 11.8 Å². The van der Waals surface area contributed by atoms with Gasteiger partial charge in [0.05, 0.1) is 18.2 Å². The molecule has 1 aromatic heterocycles. The number of likely N-dealkylation sites (tertiary alicyclic amines) is 1. The second-order valence-electron chi connectivity index (χ2n) is 7.56. The van der Waals surface area contributed by atoms with Gasteiger partial charge >= 0.3 is 0 Å². The number of nitrogens with zero attached hydrogens (tertiary/aromatic N) is 3. The SMILES string of the molecule is O=C1CC(C(=O)N(CCc2ccccc2)c2ccccc2)CN1Cc1ccccn1. The van der Waals surface area contributed by atoms with E-state index in [4.69, 9.17) is 0 Å². The van der Waals surface area contributed by atoms with Crippen molar-refractivity contribution in [3.05, 3.63) is 96.3 Å². The molecule has 1 saturated heterocycles. The van der Waals surface area contributed by atoms with Gasteiger partial charge in [0.15, 0.2) is 0 Å². The molecule has 5 nitrogen and oxygen atoms in total. The quantitative estimate of drug-likeness (QED) is 0.609. The highest BCUT2D eigenvalue weighted by Gasteiger charge is 2.37. The third-order valence-corrected chi connectivity index (χ3v) is 5.44. The van der Waals surface area contributed by atoms with Gasteiger partial charge < -0.3 is 9.80 Å². The van der Waals surface area contributed by atoms with Crippen molar-refractivity contribution in [2.24, 2.45) is 5.92 Å². The van der Waals surface area contributed by atoms with Crippen molar-refractivity contribution in [3.8, 4) is 0 Å². The Morgan fingerprint density at radius 1 is 0.967 bits per heavy atom. The van der Waals surface area contributed by atoms with Crippen LogP contribution < -0.4 is 4.90 Å². The van der Waals surface area contributed by atoms with Crippen LogP contribution in [-0.2, 0) is 22.6 Å². The van der Waals surface area contributed by atoms with E-state index in [-0.39, 0.29) is 24.2 Å². The van der Waals surface area contributed by atoms with Gasteiger partial charge in [0.1, 0.15) is 0 Å². The average Bonchev–Trinajstić information content (AvgIpc) is 3.16. The lowest BCUT2D eigenvalue weighted by Gasteiger charge is -2.26. The molecule has 0 bridgehead atoms. The zero-order valence-electron chi connectivity index (χ0n) is 16.9. The van der Waals surface area contributed by atoms with Crippen LogP contribution in [-0.4, -0.2) is 34.8 Å². The Bertz CT molecular complexity index is 977. The number of rotatable bonds is 7. The molecule has 2 amide bonds. The largest absolute Gasteiger partial charge is 0.336 e. The Hall–Kier alpha value is -3.47. The van der Waals surface area contributed by atoms with E-state index in [1.165, 1.54) is 5.56 Å². The minimum atomic E-state index is -0.336. The molecule has 30 heavy (non-hydrogen) atoms. The maximum Gasteiger partial charge on any atom is 0.232 e. The van der Waals surface area contributed by atoms with Crippen LogP contribution in [0.2, 0.25) is 0 Å². The van der Waals surface area contributed by atoms with E-state index in [1.54, 1.807) is 11.1 Å². The number of carbonyl (C=O) groups excluding carboxylic acids is 2. The normalized spacial score (nSPS) is 15.9. The standard InChI is InChI=1S/C25H25N3O2/c29-24-17-21(18-27(24)19-22-11-7-8-15-26-22)25(30)28(23-12-5-2-6-13-23)16-14-20-9-3-1-4-10-20/h1-13,15,21H,14,16-19H2. The van der Waals surface area contributed by atoms with Crippen LogP contribution in [0.4, 0.5) is 5.69 Å². The van der Waals surface area contributed by atoms with Gasteiger partial charge in [0, 0.05) is 31.4 Å². The van der Waals surface area contributed by atoms with E-state index in [9.17, 15) is 9.59 Å². The lowest BCUT2D eigenvalue weighted by Crippen LogP contribution is -2.39. The van der Waals surface area contributed by atoms with Crippen LogP contribution >= 0.6 is 0 Å². The number of carbonyl (C=O) groups is 2. The van der Waals surface area contributed by atoms with Crippen molar-refractivity contribution in [1.82, 2.24) is 9.88 Å². The van der Waals surface area contributed by atoms with Gasteiger partial charge in [0.25, 0.3) is 0 Å². The first-order chi connectivity index (χ1) is 14.7. The molecule has 152 valence electrons. The average molecular weight is 399 g/mol. The Kier molecular flexibility index (Phi) is 6.18. The molecule has 0 saturated carbocycles. The van der Waals surface area contributed by atoms with Crippen molar-refractivity contribution in [1.29, 1.82) is 0 Å². The Morgan fingerprint density at radius 2 is 1.67 bits per heavy atom.